The summed E-state index contributed by atoms with van der Waals surface area (Å²) in [6, 6.07) is 15.0. The second-order valence-corrected chi connectivity index (χ2v) is 7.23. The molecule has 5 nitrogen and oxygen atoms in total. The zero-order chi connectivity index (χ0) is 20.6. The molecule has 0 heterocycles. The predicted molar refractivity (Wildman–Crippen MR) is 112 cm³/mol. The largest absolute Gasteiger partial charge is 0.490 e. The quantitative estimate of drug-likeness (QED) is 0.734. The van der Waals surface area contributed by atoms with E-state index in [4.69, 9.17) is 14.7 Å². The van der Waals surface area contributed by atoms with Crippen LogP contribution in [0.25, 0.3) is 0 Å². The van der Waals surface area contributed by atoms with Gasteiger partial charge >= 0.3 is 0 Å². The standard InChI is InChI=1S/C24H28N2O3/c1-3-28-22-14-13-19(15-23(22)29-4-2)20-7-5-6-8-21(20)26-24(27)18-11-9-17(16-25)10-12-18/h9-15,20-21H,3-8H2,1-2H3,(H,26,27)/t20-,21-/m1/s1. The van der Waals surface area contributed by atoms with Crippen molar-refractivity contribution in [2.45, 2.75) is 51.5 Å². The van der Waals surface area contributed by atoms with Crippen molar-refractivity contribution in [2.24, 2.45) is 0 Å². The van der Waals surface area contributed by atoms with Gasteiger partial charge in [-0.2, -0.15) is 5.26 Å². The van der Waals surface area contributed by atoms with Crippen molar-refractivity contribution in [1.82, 2.24) is 5.32 Å². The molecule has 2 aromatic rings. The van der Waals surface area contributed by atoms with Crippen LogP contribution in [0.5, 0.6) is 11.5 Å². The molecule has 1 saturated carbocycles. The number of amides is 1. The summed E-state index contributed by atoms with van der Waals surface area (Å²) in [4.78, 5) is 12.8. The van der Waals surface area contributed by atoms with E-state index in [9.17, 15) is 4.79 Å². The summed E-state index contributed by atoms with van der Waals surface area (Å²) < 4.78 is 11.5. The Labute approximate surface area is 172 Å². The summed E-state index contributed by atoms with van der Waals surface area (Å²) >= 11 is 0. The van der Waals surface area contributed by atoms with Gasteiger partial charge < -0.3 is 14.8 Å². The molecule has 0 unspecified atom stereocenters. The fraction of sp³-hybridized carbons (Fsp3) is 0.417. The highest BCUT2D eigenvalue weighted by atomic mass is 16.5. The summed E-state index contributed by atoms with van der Waals surface area (Å²) in [5.74, 6) is 1.66. The Hall–Kier alpha value is -3.00. The molecule has 2 aromatic carbocycles. The molecule has 0 radical (unpaired) electrons. The molecule has 152 valence electrons. The second-order valence-electron chi connectivity index (χ2n) is 7.23. The SMILES string of the molecule is CCOc1ccc([C@H]2CCCC[C@H]2NC(=O)c2ccc(C#N)cc2)cc1OCC. The molecule has 1 amide bonds. The van der Waals surface area contributed by atoms with Crippen molar-refractivity contribution in [3.05, 3.63) is 59.2 Å². The fourth-order valence-corrected chi connectivity index (χ4v) is 3.95. The molecule has 2 atom stereocenters. The van der Waals surface area contributed by atoms with E-state index in [1.54, 1.807) is 24.3 Å². The highest BCUT2D eigenvalue weighted by molar-refractivity contribution is 5.94. The molecule has 0 bridgehead atoms. The summed E-state index contributed by atoms with van der Waals surface area (Å²) in [7, 11) is 0. The Morgan fingerprint density at radius 3 is 2.41 bits per heavy atom. The minimum absolute atomic E-state index is 0.0688. The molecular formula is C24H28N2O3. The van der Waals surface area contributed by atoms with Crippen molar-refractivity contribution in [1.29, 1.82) is 5.26 Å². The van der Waals surface area contributed by atoms with Gasteiger partial charge in [0.25, 0.3) is 5.91 Å². The lowest BCUT2D eigenvalue weighted by atomic mass is 9.79. The van der Waals surface area contributed by atoms with E-state index in [0.717, 1.165) is 37.2 Å². The first kappa shape index (κ1) is 20.7. The number of nitrogens with zero attached hydrogens (tertiary/aromatic N) is 1. The minimum atomic E-state index is -0.0950. The Balaban J connectivity index is 1.79. The maximum atomic E-state index is 12.8. The first-order valence-electron chi connectivity index (χ1n) is 10.4. The van der Waals surface area contributed by atoms with E-state index in [1.807, 2.05) is 19.9 Å². The first-order valence-corrected chi connectivity index (χ1v) is 10.4. The Morgan fingerprint density at radius 2 is 1.72 bits per heavy atom. The second kappa shape index (κ2) is 9.97. The van der Waals surface area contributed by atoms with E-state index < -0.39 is 0 Å². The van der Waals surface area contributed by atoms with Crippen molar-refractivity contribution < 1.29 is 14.3 Å². The molecule has 29 heavy (non-hydrogen) atoms. The van der Waals surface area contributed by atoms with Gasteiger partial charge in [-0.15, -0.1) is 0 Å². The molecule has 0 saturated heterocycles. The lowest BCUT2D eigenvalue weighted by Gasteiger charge is -2.33. The van der Waals surface area contributed by atoms with E-state index in [1.165, 1.54) is 5.56 Å². The monoisotopic (exact) mass is 392 g/mol. The zero-order valence-corrected chi connectivity index (χ0v) is 17.1. The third kappa shape index (κ3) is 5.08. The molecule has 0 spiro atoms. The van der Waals surface area contributed by atoms with Crippen LogP contribution in [-0.2, 0) is 0 Å². The number of benzene rings is 2. The first-order chi connectivity index (χ1) is 14.2. The maximum absolute atomic E-state index is 12.8. The molecule has 1 aliphatic carbocycles. The number of hydrogen-bond acceptors (Lipinski definition) is 4. The van der Waals surface area contributed by atoms with Gasteiger partial charge in [0.1, 0.15) is 0 Å². The number of carbonyl (C=O) groups excluding carboxylic acids is 1. The van der Waals surface area contributed by atoms with Crippen molar-refractivity contribution in [3.8, 4) is 17.6 Å². The van der Waals surface area contributed by atoms with Gasteiger partial charge in [0.05, 0.1) is 24.8 Å². The van der Waals surface area contributed by atoms with Crippen LogP contribution < -0.4 is 14.8 Å². The summed E-state index contributed by atoms with van der Waals surface area (Å²) in [6.45, 7) is 5.09. The number of carbonyl (C=O) groups is 1. The molecule has 0 aromatic heterocycles. The van der Waals surface area contributed by atoms with Gasteiger partial charge in [-0.3, -0.25) is 4.79 Å². The maximum Gasteiger partial charge on any atom is 0.251 e. The molecule has 5 heteroatoms. The van der Waals surface area contributed by atoms with Crippen LogP contribution in [0.15, 0.2) is 42.5 Å². The van der Waals surface area contributed by atoms with Gasteiger partial charge in [0.15, 0.2) is 11.5 Å². The number of rotatable bonds is 7. The van der Waals surface area contributed by atoms with E-state index >= 15 is 0 Å². The van der Waals surface area contributed by atoms with Crippen LogP contribution in [0.2, 0.25) is 0 Å². The average molecular weight is 392 g/mol. The lowest BCUT2D eigenvalue weighted by molar-refractivity contribution is 0.0920. The molecule has 1 N–H and O–H groups in total. The number of hydrogen-bond donors (Lipinski definition) is 1. The lowest BCUT2D eigenvalue weighted by Crippen LogP contribution is -2.41. The number of nitriles is 1. The molecule has 1 aliphatic rings. The van der Waals surface area contributed by atoms with Gasteiger partial charge in [0.2, 0.25) is 0 Å². The third-order valence-corrected chi connectivity index (χ3v) is 5.35. The summed E-state index contributed by atoms with van der Waals surface area (Å²) in [5.41, 5.74) is 2.30. The molecular weight excluding hydrogens is 364 g/mol. The summed E-state index contributed by atoms with van der Waals surface area (Å²) in [5, 5.41) is 12.2. The molecule has 1 fully saturated rings. The molecule has 3 rings (SSSR count). The van der Waals surface area contributed by atoms with Gasteiger partial charge in [-0.05, 0) is 68.7 Å². The van der Waals surface area contributed by atoms with Gasteiger partial charge in [-0.1, -0.05) is 18.9 Å². The normalized spacial score (nSPS) is 18.5. The van der Waals surface area contributed by atoms with Crippen LogP contribution in [0.3, 0.4) is 0 Å². The zero-order valence-electron chi connectivity index (χ0n) is 17.1. The Morgan fingerprint density at radius 1 is 1.03 bits per heavy atom. The van der Waals surface area contributed by atoms with Crippen molar-refractivity contribution in [2.75, 3.05) is 13.2 Å². The summed E-state index contributed by atoms with van der Waals surface area (Å²) in [6.07, 6.45) is 4.22. The molecule has 0 aliphatic heterocycles. The predicted octanol–water partition coefficient (Wildman–Crippen LogP) is 4.81. The van der Waals surface area contributed by atoms with Gasteiger partial charge in [0, 0.05) is 17.5 Å². The van der Waals surface area contributed by atoms with E-state index in [2.05, 4.69) is 23.5 Å². The fourth-order valence-electron chi connectivity index (χ4n) is 3.95. The Kier molecular flexibility index (Phi) is 7.13. The highest BCUT2D eigenvalue weighted by Gasteiger charge is 2.29. The van der Waals surface area contributed by atoms with Crippen molar-refractivity contribution >= 4 is 5.91 Å². The smallest absolute Gasteiger partial charge is 0.251 e. The highest BCUT2D eigenvalue weighted by Crippen LogP contribution is 2.38. The Bertz CT molecular complexity index is 871. The number of ether oxygens (including phenoxy) is 2. The van der Waals surface area contributed by atoms with Crippen LogP contribution >= 0.6 is 0 Å². The van der Waals surface area contributed by atoms with Crippen LogP contribution in [0.4, 0.5) is 0 Å². The van der Waals surface area contributed by atoms with Crippen LogP contribution in [-0.4, -0.2) is 25.2 Å². The topological polar surface area (TPSA) is 71.3 Å². The van der Waals surface area contributed by atoms with Crippen LogP contribution in [0.1, 0.15) is 66.9 Å². The minimum Gasteiger partial charge on any atom is -0.490 e. The number of nitrogens with one attached hydrogen (secondary N) is 1. The third-order valence-electron chi connectivity index (χ3n) is 5.35. The van der Waals surface area contributed by atoms with E-state index in [0.29, 0.717) is 24.3 Å². The van der Waals surface area contributed by atoms with Crippen LogP contribution in [0, 0.1) is 11.3 Å². The van der Waals surface area contributed by atoms with Crippen molar-refractivity contribution in [3.63, 3.8) is 0 Å². The average Bonchev–Trinajstić information content (AvgIpc) is 2.76. The van der Waals surface area contributed by atoms with Gasteiger partial charge in [-0.25, -0.2) is 0 Å². The van der Waals surface area contributed by atoms with E-state index in [-0.39, 0.29) is 17.9 Å².